The molecule has 0 bridgehead atoms. The number of nitrogens with zero attached hydrogens (tertiary/aromatic N) is 1. The van der Waals surface area contributed by atoms with E-state index >= 15 is 0 Å². The standard InChI is InChI=1S/C9H20N.Sn.2H/c1-6-9(4,5)10(7-2)8-3;;;/h1,6-8H2,2-5H3;;;. The van der Waals surface area contributed by atoms with Gasteiger partial charge in [0, 0.05) is 5.54 Å². The Bertz CT molecular complexity index is 87.6. The Kier molecular flexibility index (Phi) is 8.18. The van der Waals surface area contributed by atoms with Crippen LogP contribution in [0.3, 0.4) is 0 Å². The average molecular weight is 263 g/mol. The molecule has 11 heavy (non-hydrogen) atoms. The first-order chi connectivity index (χ1) is 4.58. The summed E-state index contributed by atoms with van der Waals surface area (Å²) in [5.74, 6) is 0. The van der Waals surface area contributed by atoms with Crippen molar-refractivity contribution in [2.75, 3.05) is 13.1 Å². The van der Waals surface area contributed by atoms with Gasteiger partial charge >= 0.3 is 23.9 Å². The molecule has 0 saturated heterocycles. The molecule has 2 heteroatoms. The van der Waals surface area contributed by atoms with E-state index in [1.165, 1.54) is 0 Å². The number of hydrogen-bond donors (Lipinski definition) is 0. The van der Waals surface area contributed by atoms with Crippen LogP contribution in [0.2, 0.25) is 0 Å². The fourth-order valence-corrected chi connectivity index (χ4v) is 1.24. The second-order valence-electron chi connectivity index (χ2n) is 3.23. The third-order valence-electron chi connectivity index (χ3n) is 2.23. The van der Waals surface area contributed by atoms with Gasteiger partial charge in [-0.1, -0.05) is 20.8 Å². The van der Waals surface area contributed by atoms with Gasteiger partial charge in [-0.05, 0) is 33.4 Å². The van der Waals surface area contributed by atoms with E-state index in [1.54, 1.807) is 0 Å². The van der Waals surface area contributed by atoms with E-state index in [9.17, 15) is 0 Å². The van der Waals surface area contributed by atoms with Gasteiger partial charge < -0.3 is 0 Å². The zero-order valence-electron chi connectivity index (χ0n) is 8.48. The van der Waals surface area contributed by atoms with Gasteiger partial charge in [0.1, 0.15) is 0 Å². The van der Waals surface area contributed by atoms with Crippen molar-refractivity contribution in [3.8, 4) is 0 Å². The van der Waals surface area contributed by atoms with Crippen LogP contribution in [0.5, 0.6) is 0 Å². The molecule has 1 nitrogen and oxygen atoms in total. The normalized spacial score (nSPS) is 11.5. The van der Waals surface area contributed by atoms with Gasteiger partial charge in [0.2, 0.25) is 0 Å². The van der Waals surface area contributed by atoms with Crippen LogP contribution in [0.15, 0.2) is 0 Å². The van der Waals surface area contributed by atoms with E-state index in [0.29, 0.717) is 0 Å². The summed E-state index contributed by atoms with van der Waals surface area (Å²) in [6.45, 7) is 15.1. The molecule has 0 aliphatic rings. The summed E-state index contributed by atoms with van der Waals surface area (Å²) in [6.07, 6.45) is 0.981. The van der Waals surface area contributed by atoms with Crippen molar-refractivity contribution < 1.29 is 0 Å². The van der Waals surface area contributed by atoms with E-state index in [1.807, 2.05) is 0 Å². The molecule has 0 aliphatic heterocycles. The van der Waals surface area contributed by atoms with Crippen LogP contribution >= 0.6 is 0 Å². The van der Waals surface area contributed by atoms with Crippen molar-refractivity contribution in [1.29, 1.82) is 0 Å². The first-order valence-corrected chi connectivity index (χ1v) is 4.12. The zero-order chi connectivity index (χ0) is 8.20. The SMILES string of the molecule is [CH2]CC(C)(C)N(CC)CC.[SnH2]. The van der Waals surface area contributed by atoms with Gasteiger partial charge in [-0.25, -0.2) is 0 Å². The van der Waals surface area contributed by atoms with E-state index in [4.69, 9.17) is 0 Å². The van der Waals surface area contributed by atoms with Crippen LogP contribution in [-0.2, 0) is 0 Å². The van der Waals surface area contributed by atoms with Crippen molar-refractivity contribution >= 4 is 23.9 Å². The van der Waals surface area contributed by atoms with Gasteiger partial charge in [-0.3, -0.25) is 4.90 Å². The first kappa shape index (κ1) is 14.3. The third-order valence-corrected chi connectivity index (χ3v) is 2.23. The van der Waals surface area contributed by atoms with Crippen molar-refractivity contribution in [2.24, 2.45) is 0 Å². The maximum atomic E-state index is 3.93. The van der Waals surface area contributed by atoms with Crippen molar-refractivity contribution in [3.05, 3.63) is 6.92 Å². The molecule has 0 N–H and O–H groups in total. The molecule has 0 amide bonds. The molecular formula is C9H22NSn. The molecule has 3 radical (unpaired) electrons. The molecule has 0 unspecified atom stereocenters. The monoisotopic (exact) mass is 264 g/mol. The summed E-state index contributed by atoms with van der Waals surface area (Å²) in [5.41, 5.74) is 0.281. The zero-order valence-corrected chi connectivity index (χ0v) is 12.5. The van der Waals surface area contributed by atoms with Crippen molar-refractivity contribution in [2.45, 2.75) is 39.7 Å². The predicted molar refractivity (Wildman–Crippen MR) is 55.5 cm³/mol. The van der Waals surface area contributed by atoms with E-state index in [-0.39, 0.29) is 29.4 Å². The van der Waals surface area contributed by atoms with E-state index in [0.717, 1.165) is 19.5 Å². The maximum absolute atomic E-state index is 3.93. The van der Waals surface area contributed by atoms with Crippen LogP contribution in [0.4, 0.5) is 0 Å². The number of rotatable bonds is 4. The van der Waals surface area contributed by atoms with Crippen molar-refractivity contribution in [3.63, 3.8) is 0 Å². The molecule has 0 heterocycles. The molecule has 67 valence electrons. The van der Waals surface area contributed by atoms with Gasteiger partial charge in [0.05, 0.1) is 0 Å². The average Bonchev–Trinajstić information content (AvgIpc) is 1.90. The molecule has 0 aromatic carbocycles. The minimum absolute atomic E-state index is 0. The van der Waals surface area contributed by atoms with Gasteiger partial charge in [-0.2, -0.15) is 0 Å². The summed E-state index contributed by atoms with van der Waals surface area (Å²) < 4.78 is 0. The summed E-state index contributed by atoms with van der Waals surface area (Å²) in [7, 11) is 0. The summed E-state index contributed by atoms with van der Waals surface area (Å²) in [5, 5.41) is 0. The molecule has 0 saturated carbocycles. The van der Waals surface area contributed by atoms with Crippen LogP contribution in [0, 0.1) is 6.92 Å². The predicted octanol–water partition coefficient (Wildman–Crippen LogP) is 1.41. The third kappa shape index (κ3) is 4.36. The molecule has 0 rings (SSSR count). The Hall–Kier alpha value is 0.759. The Morgan fingerprint density at radius 2 is 1.55 bits per heavy atom. The van der Waals surface area contributed by atoms with Gasteiger partial charge in [-0.15, -0.1) is 0 Å². The summed E-state index contributed by atoms with van der Waals surface area (Å²) in [4.78, 5) is 2.43. The molecule has 0 spiro atoms. The second kappa shape index (κ2) is 6.29. The van der Waals surface area contributed by atoms with E-state index in [2.05, 4.69) is 39.5 Å². The van der Waals surface area contributed by atoms with E-state index < -0.39 is 0 Å². The molecule has 0 aromatic rings. The second-order valence-corrected chi connectivity index (χ2v) is 3.23. The fourth-order valence-electron chi connectivity index (χ4n) is 1.24. The minimum atomic E-state index is 0. The molecule has 0 atom stereocenters. The quantitative estimate of drug-likeness (QED) is 0.693. The van der Waals surface area contributed by atoms with Crippen LogP contribution < -0.4 is 0 Å². The Balaban J connectivity index is 0. The molecule has 0 aliphatic carbocycles. The summed E-state index contributed by atoms with van der Waals surface area (Å²) in [6, 6.07) is 0. The van der Waals surface area contributed by atoms with Crippen LogP contribution in [0.1, 0.15) is 34.1 Å². The van der Waals surface area contributed by atoms with Crippen LogP contribution in [-0.4, -0.2) is 47.4 Å². The first-order valence-electron chi connectivity index (χ1n) is 4.12. The van der Waals surface area contributed by atoms with Crippen LogP contribution in [0.25, 0.3) is 0 Å². The Labute approximate surface area is 88.5 Å². The van der Waals surface area contributed by atoms with Gasteiger partial charge in [0.15, 0.2) is 0 Å². The fraction of sp³-hybridized carbons (Fsp3) is 0.889. The topological polar surface area (TPSA) is 3.24 Å². The molecule has 0 fully saturated rings. The molecular weight excluding hydrogens is 241 g/mol. The Morgan fingerprint density at radius 1 is 1.18 bits per heavy atom. The molecule has 0 aromatic heterocycles. The van der Waals surface area contributed by atoms with Crippen molar-refractivity contribution in [1.82, 2.24) is 4.90 Å². The Morgan fingerprint density at radius 3 is 1.64 bits per heavy atom. The number of hydrogen-bond acceptors (Lipinski definition) is 1. The van der Waals surface area contributed by atoms with Gasteiger partial charge in [0.25, 0.3) is 0 Å². The summed E-state index contributed by atoms with van der Waals surface area (Å²) >= 11 is 0.